The number of hydrogen-bond donors (Lipinski definition) is 1. The fourth-order valence-electron chi connectivity index (χ4n) is 4.48. The predicted octanol–water partition coefficient (Wildman–Crippen LogP) is 3.27. The molecule has 1 aromatic carbocycles. The van der Waals surface area contributed by atoms with Gasteiger partial charge in [0.15, 0.2) is 0 Å². The van der Waals surface area contributed by atoms with E-state index in [9.17, 15) is 9.59 Å². The van der Waals surface area contributed by atoms with E-state index in [4.69, 9.17) is 15.8 Å². The minimum atomic E-state index is -0.487. The largest absolute Gasteiger partial charge is 0.368 e. The highest BCUT2D eigenvalue weighted by Gasteiger charge is 2.31. The topological polar surface area (TPSA) is 94.1 Å². The van der Waals surface area contributed by atoms with Crippen molar-refractivity contribution in [3.05, 3.63) is 36.2 Å². The SMILES string of the molecule is NC(=O)[C@@H]1CCCCN1C(=O)CSc1nc(C2CCCCC2)n(-c2ccccc2)n1. The van der Waals surface area contributed by atoms with Crippen molar-refractivity contribution >= 4 is 23.6 Å². The molecule has 2 N–H and O–H groups in total. The Hall–Kier alpha value is -2.35. The number of para-hydroxylation sites is 1. The van der Waals surface area contributed by atoms with Crippen LogP contribution in [-0.2, 0) is 9.59 Å². The molecule has 0 spiro atoms. The Bertz CT molecular complexity index is 879. The van der Waals surface area contributed by atoms with Crippen molar-refractivity contribution in [1.82, 2.24) is 19.7 Å². The van der Waals surface area contributed by atoms with Crippen LogP contribution in [-0.4, -0.2) is 49.8 Å². The van der Waals surface area contributed by atoms with Crippen LogP contribution >= 0.6 is 11.8 Å². The highest BCUT2D eigenvalue weighted by atomic mass is 32.2. The Morgan fingerprint density at radius 3 is 2.50 bits per heavy atom. The van der Waals surface area contributed by atoms with Gasteiger partial charge in [-0.3, -0.25) is 9.59 Å². The lowest BCUT2D eigenvalue weighted by molar-refractivity contribution is -0.138. The lowest BCUT2D eigenvalue weighted by atomic mass is 9.88. The molecule has 2 fully saturated rings. The second-order valence-electron chi connectivity index (χ2n) is 8.12. The molecule has 1 saturated heterocycles. The molecule has 4 rings (SSSR count). The first-order valence-electron chi connectivity index (χ1n) is 10.9. The molecule has 1 aromatic heterocycles. The smallest absolute Gasteiger partial charge is 0.240 e. The Labute approximate surface area is 181 Å². The van der Waals surface area contributed by atoms with Gasteiger partial charge in [0.25, 0.3) is 0 Å². The molecule has 0 radical (unpaired) electrons. The number of rotatable bonds is 6. The van der Waals surface area contributed by atoms with E-state index in [0.717, 1.165) is 37.2 Å². The van der Waals surface area contributed by atoms with Gasteiger partial charge in [-0.05, 0) is 44.2 Å². The summed E-state index contributed by atoms with van der Waals surface area (Å²) in [5.74, 6) is 1.12. The maximum atomic E-state index is 12.8. The molecule has 1 aliphatic heterocycles. The van der Waals surface area contributed by atoms with Crippen LogP contribution in [0, 0.1) is 0 Å². The van der Waals surface area contributed by atoms with Crippen molar-refractivity contribution in [3.8, 4) is 5.69 Å². The standard InChI is InChI=1S/C22H29N5O2S/c23-20(29)18-13-7-8-14-26(18)19(28)15-30-22-24-21(16-9-3-1-4-10-16)27(25-22)17-11-5-2-6-12-17/h2,5-6,11-12,16,18H,1,3-4,7-10,13-15H2,(H2,23,29)/t18-/m0/s1. The zero-order valence-electron chi connectivity index (χ0n) is 17.2. The highest BCUT2D eigenvalue weighted by Crippen LogP contribution is 2.34. The molecule has 2 heterocycles. The summed E-state index contributed by atoms with van der Waals surface area (Å²) in [6.07, 6.45) is 8.46. The van der Waals surface area contributed by atoms with Crippen LogP contribution in [0.15, 0.2) is 35.5 Å². The van der Waals surface area contributed by atoms with Gasteiger partial charge in [-0.25, -0.2) is 9.67 Å². The molecule has 30 heavy (non-hydrogen) atoms. The molecule has 8 heteroatoms. The average Bonchev–Trinajstić information content (AvgIpc) is 3.23. The number of amides is 2. The summed E-state index contributed by atoms with van der Waals surface area (Å²) < 4.78 is 1.94. The molecule has 2 aliphatic rings. The monoisotopic (exact) mass is 427 g/mol. The summed E-state index contributed by atoms with van der Waals surface area (Å²) in [5, 5.41) is 5.34. The molecule has 160 valence electrons. The van der Waals surface area contributed by atoms with E-state index in [-0.39, 0.29) is 11.7 Å². The molecule has 1 aliphatic carbocycles. The number of piperidine rings is 1. The zero-order valence-corrected chi connectivity index (χ0v) is 18.0. The predicted molar refractivity (Wildman–Crippen MR) is 116 cm³/mol. The number of hydrogen-bond acceptors (Lipinski definition) is 5. The van der Waals surface area contributed by atoms with Crippen molar-refractivity contribution in [3.63, 3.8) is 0 Å². The number of carbonyl (C=O) groups excluding carboxylic acids is 2. The highest BCUT2D eigenvalue weighted by molar-refractivity contribution is 7.99. The summed E-state index contributed by atoms with van der Waals surface area (Å²) >= 11 is 1.34. The summed E-state index contributed by atoms with van der Waals surface area (Å²) in [5.41, 5.74) is 6.50. The van der Waals surface area contributed by atoms with Gasteiger partial charge in [-0.15, -0.1) is 5.10 Å². The third kappa shape index (κ3) is 4.69. The van der Waals surface area contributed by atoms with Crippen molar-refractivity contribution < 1.29 is 9.59 Å². The molecular formula is C22H29N5O2S. The summed E-state index contributed by atoms with van der Waals surface area (Å²) in [6.45, 7) is 0.589. The van der Waals surface area contributed by atoms with E-state index in [1.807, 2.05) is 35.0 Å². The minimum absolute atomic E-state index is 0.0706. The molecular weight excluding hydrogens is 398 g/mol. The molecule has 1 atom stereocenters. The summed E-state index contributed by atoms with van der Waals surface area (Å²) in [7, 11) is 0. The third-order valence-corrected chi connectivity index (χ3v) is 6.88. The van der Waals surface area contributed by atoms with E-state index in [1.54, 1.807) is 4.90 Å². The summed E-state index contributed by atoms with van der Waals surface area (Å²) in [4.78, 5) is 31.0. The Kier molecular flexibility index (Phi) is 6.72. The van der Waals surface area contributed by atoms with E-state index >= 15 is 0 Å². The van der Waals surface area contributed by atoms with Gasteiger partial charge in [0.05, 0.1) is 11.4 Å². The number of benzene rings is 1. The fraction of sp³-hybridized carbons (Fsp3) is 0.545. The van der Waals surface area contributed by atoms with Crippen LogP contribution in [0.3, 0.4) is 0 Å². The van der Waals surface area contributed by atoms with E-state index in [0.29, 0.717) is 24.0 Å². The third-order valence-electron chi connectivity index (χ3n) is 6.06. The second-order valence-corrected chi connectivity index (χ2v) is 9.07. The quantitative estimate of drug-likeness (QED) is 0.714. The van der Waals surface area contributed by atoms with Crippen molar-refractivity contribution in [2.45, 2.75) is 68.5 Å². The maximum absolute atomic E-state index is 12.8. The van der Waals surface area contributed by atoms with E-state index in [1.165, 1.54) is 31.0 Å². The van der Waals surface area contributed by atoms with Gasteiger partial charge >= 0.3 is 0 Å². The zero-order chi connectivity index (χ0) is 20.9. The molecule has 0 unspecified atom stereocenters. The van der Waals surface area contributed by atoms with Gasteiger partial charge < -0.3 is 10.6 Å². The van der Waals surface area contributed by atoms with Gasteiger partial charge in [0.1, 0.15) is 11.9 Å². The van der Waals surface area contributed by atoms with Crippen molar-refractivity contribution in [2.75, 3.05) is 12.3 Å². The van der Waals surface area contributed by atoms with Crippen LogP contribution in [0.1, 0.15) is 63.1 Å². The number of likely N-dealkylation sites (tertiary alicyclic amines) is 1. The van der Waals surface area contributed by atoms with Crippen LogP contribution in [0.5, 0.6) is 0 Å². The normalized spacial score (nSPS) is 20.3. The van der Waals surface area contributed by atoms with Gasteiger partial charge in [-0.2, -0.15) is 0 Å². The van der Waals surface area contributed by atoms with Gasteiger partial charge in [-0.1, -0.05) is 49.2 Å². The molecule has 7 nitrogen and oxygen atoms in total. The van der Waals surface area contributed by atoms with Crippen LogP contribution < -0.4 is 5.73 Å². The first kappa shape index (κ1) is 20.9. The number of nitrogens with zero attached hydrogens (tertiary/aromatic N) is 4. The maximum Gasteiger partial charge on any atom is 0.240 e. The average molecular weight is 428 g/mol. The number of carbonyl (C=O) groups is 2. The number of primary amides is 1. The van der Waals surface area contributed by atoms with E-state index < -0.39 is 11.9 Å². The number of thioether (sulfide) groups is 1. The minimum Gasteiger partial charge on any atom is -0.368 e. The fourth-order valence-corrected chi connectivity index (χ4v) is 5.20. The van der Waals surface area contributed by atoms with Crippen LogP contribution in [0.25, 0.3) is 5.69 Å². The number of aromatic nitrogens is 3. The summed E-state index contributed by atoms with van der Waals surface area (Å²) in [6, 6.07) is 9.57. The van der Waals surface area contributed by atoms with Gasteiger partial charge in [0, 0.05) is 12.5 Å². The molecule has 2 aromatic rings. The number of nitrogens with two attached hydrogens (primary N) is 1. The molecule has 1 saturated carbocycles. The lowest BCUT2D eigenvalue weighted by Crippen LogP contribution is -2.51. The Balaban J connectivity index is 1.50. The first-order chi connectivity index (χ1) is 14.6. The van der Waals surface area contributed by atoms with Crippen LogP contribution in [0.2, 0.25) is 0 Å². The van der Waals surface area contributed by atoms with Crippen LogP contribution in [0.4, 0.5) is 0 Å². The molecule has 2 amide bonds. The Morgan fingerprint density at radius 1 is 1.03 bits per heavy atom. The Morgan fingerprint density at radius 2 is 1.77 bits per heavy atom. The first-order valence-corrected chi connectivity index (χ1v) is 11.9. The van der Waals surface area contributed by atoms with E-state index in [2.05, 4.69) is 0 Å². The second kappa shape index (κ2) is 9.64. The van der Waals surface area contributed by atoms with Crippen molar-refractivity contribution in [1.29, 1.82) is 0 Å². The molecule has 0 bridgehead atoms. The van der Waals surface area contributed by atoms with Gasteiger partial charge in [0.2, 0.25) is 17.0 Å². The van der Waals surface area contributed by atoms with Crippen molar-refractivity contribution in [2.24, 2.45) is 5.73 Å². The lowest BCUT2D eigenvalue weighted by Gasteiger charge is -2.33.